The molecule has 1 aliphatic heterocycles. The summed E-state index contributed by atoms with van der Waals surface area (Å²) in [6, 6.07) is 0. The second-order valence-electron chi connectivity index (χ2n) is 6.11. The highest BCUT2D eigenvalue weighted by atomic mass is 19.4. The number of dihydropyridines is 1. The second-order valence-corrected chi connectivity index (χ2v) is 6.11. The number of hydrogen-bond donors (Lipinski definition) is 3. The number of nitrogens with one attached hydrogen (secondary N) is 2. The quantitative estimate of drug-likeness (QED) is 0.633. The molecule has 0 aromatic rings. The van der Waals surface area contributed by atoms with Crippen molar-refractivity contribution in [2.24, 2.45) is 4.99 Å². The molecule has 0 spiro atoms. The van der Waals surface area contributed by atoms with E-state index in [9.17, 15) is 18.3 Å². The van der Waals surface area contributed by atoms with Crippen LogP contribution in [0.15, 0.2) is 75.9 Å². The van der Waals surface area contributed by atoms with Crippen LogP contribution < -0.4 is 10.6 Å². The fourth-order valence-corrected chi connectivity index (χ4v) is 2.57. The number of rotatable bonds is 6. The Bertz CT molecular complexity index is 766. The zero-order chi connectivity index (χ0) is 19.9. The summed E-state index contributed by atoms with van der Waals surface area (Å²) in [4.78, 5) is 4.42. The topological polar surface area (TPSA) is 56.7 Å². The van der Waals surface area contributed by atoms with Crippen molar-refractivity contribution in [3.05, 3.63) is 71.0 Å². The maximum absolute atomic E-state index is 12.9. The molecule has 0 unspecified atom stereocenters. The van der Waals surface area contributed by atoms with Crippen LogP contribution in [0.1, 0.15) is 26.7 Å². The van der Waals surface area contributed by atoms with Crippen LogP contribution in [0.25, 0.3) is 0 Å². The fourth-order valence-electron chi connectivity index (χ4n) is 2.57. The Morgan fingerprint density at radius 3 is 2.78 bits per heavy atom. The maximum Gasteiger partial charge on any atom is 0.418 e. The Balaban J connectivity index is 2.14. The van der Waals surface area contributed by atoms with E-state index in [0.717, 1.165) is 29.7 Å². The first-order chi connectivity index (χ1) is 12.9. The second kappa shape index (κ2) is 9.30. The molecule has 2 rings (SSSR count). The molecule has 1 heterocycles. The van der Waals surface area contributed by atoms with Crippen molar-refractivity contribution in [1.82, 2.24) is 10.6 Å². The van der Waals surface area contributed by atoms with E-state index in [2.05, 4.69) is 28.6 Å². The van der Waals surface area contributed by atoms with E-state index in [-0.39, 0.29) is 12.2 Å². The van der Waals surface area contributed by atoms with E-state index >= 15 is 0 Å². The lowest BCUT2D eigenvalue weighted by Crippen LogP contribution is -2.32. The lowest BCUT2D eigenvalue weighted by molar-refractivity contribution is -0.0956. The van der Waals surface area contributed by atoms with E-state index < -0.39 is 24.1 Å². The molecule has 2 aliphatic rings. The summed E-state index contributed by atoms with van der Waals surface area (Å²) in [5, 5.41) is 15.3. The van der Waals surface area contributed by atoms with Gasteiger partial charge in [0.1, 0.15) is 5.76 Å². The van der Waals surface area contributed by atoms with Crippen LogP contribution >= 0.6 is 0 Å². The van der Waals surface area contributed by atoms with Crippen molar-refractivity contribution in [1.29, 1.82) is 0 Å². The Morgan fingerprint density at radius 1 is 1.33 bits per heavy atom. The zero-order valence-corrected chi connectivity index (χ0v) is 15.4. The summed E-state index contributed by atoms with van der Waals surface area (Å²) in [7, 11) is 0. The molecule has 0 aromatic carbocycles. The van der Waals surface area contributed by atoms with Gasteiger partial charge in [-0.15, -0.1) is 0 Å². The van der Waals surface area contributed by atoms with Gasteiger partial charge < -0.3 is 15.7 Å². The van der Waals surface area contributed by atoms with Crippen LogP contribution in [0.5, 0.6) is 0 Å². The minimum absolute atomic E-state index is 0.0159. The van der Waals surface area contributed by atoms with Gasteiger partial charge in [0.25, 0.3) is 0 Å². The number of unbranched alkanes of at least 4 members (excludes halogenated alkanes) is 1. The molecule has 0 aromatic heterocycles. The molecule has 1 aliphatic carbocycles. The number of alkyl halides is 3. The molecule has 0 radical (unpaired) electrons. The molecule has 0 saturated carbocycles. The van der Waals surface area contributed by atoms with E-state index in [4.69, 9.17) is 0 Å². The molecule has 0 saturated heterocycles. The summed E-state index contributed by atoms with van der Waals surface area (Å²) in [5.74, 6) is -0.770. The zero-order valence-electron chi connectivity index (χ0n) is 15.4. The van der Waals surface area contributed by atoms with Gasteiger partial charge in [-0.1, -0.05) is 37.6 Å². The van der Waals surface area contributed by atoms with Crippen molar-refractivity contribution in [2.75, 3.05) is 13.1 Å². The molecular weight excluding hydrogens is 355 g/mol. The van der Waals surface area contributed by atoms with E-state index in [0.29, 0.717) is 0 Å². The SMILES string of the molecule is C\C=C/N=C1\C=C(CNC2=CNCC(C(F)(F)F)=C2O)C=C\C1=C/CCC. The highest BCUT2D eigenvalue weighted by molar-refractivity contribution is 6.12. The molecule has 4 nitrogen and oxygen atoms in total. The van der Waals surface area contributed by atoms with Gasteiger partial charge in [-0.05, 0) is 30.6 Å². The summed E-state index contributed by atoms with van der Waals surface area (Å²) >= 11 is 0. The van der Waals surface area contributed by atoms with Crippen LogP contribution in [-0.2, 0) is 0 Å². The van der Waals surface area contributed by atoms with Gasteiger partial charge in [-0.2, -0.15) is 13.2 Å². The largest absolute Gasteiger partial charge is 0.505 e. The minimum atomic E-state index is -4.58. The summed E-state index contributed by atoms with van der Waals surface area (Å²) in [6.45, 7) is 3.78. The lowest BCUT2D eigenvalue weighted by atomic mass is 9.98. The summed E-state index contributed by atoms with van der Waals surface area (Å²) in [5.41, 5.74) is 1.69. The average molecular weight is 379 g/mol. The van der Waals surface area contributed by atoms with Gasteiger partial charge in [-0.3, -0.25) is 4.99 Å². The van der Waals surface area contributed by atoms with Gasteiger partial charge >= 0.3 is 6.18 Å². The number of aliphatic hydroxyl groups is 1. The van der Waals surface area contributed by atoms with Crippen LogP contribution in [0.3, 0.4) is 0 Å². The van der Waals surface area contributed by atoms with Crippen LogP contribution in [0.4, 0.5) is 13.2 Å². The Morgan fingerprint density at radius 2 is 2.11 bits per heavy atom. The molecule has 146 valence electrons. The maximum atomic E-state index is 12.9. The molecule has 0 fully saturated rings. The number of nitrogens with zero attached hydrogens (tertiary/aromatic N) is 1. The fraction of sp³-hybridized carbons (Fsp3) is 0.350. The molecule has 7 heteroatoms. The first-order valence-corrected chi connectivity index (χ1v) is 8.82. The Labute approximate surface area is 157 Å². The van der Waals surface area contributed by atoms with Crippen molar-refractivity contribution < 1.29 is 18.3 Å². The molecule has 3 N–H and O–H groups in total. The van der Waals surface area contributed by atoms with Gasteiger partial charge in [-0.25, -0.2) is 0 Å². The van der Waals surface area contributed by atoms with Crippen LogP contribution in [-0.4, -0.2) is 30.1 Å². The molecule has 0 atom stereocenters. The summed E-state index contributed by atoms with van der Waals surface area (Å²) < 4.78 is 38.7. The molecular formula is C20H24F3N3O. The number of halogens is 3. The normalized spacial score (nSPS) is 20.9. The van der Waals surface area contributed by atoms with E-state index in [1.807, 2.05) is 31.2 Å². The predicted octanol–water partition coefficient (Wildman–Crippen LogP) is 4.59. The van der Waals surface area contributed by atoms with E-state index in [1.54, 1.807) is 6.20 Å². The number of allylic oxidation sites excluding steroid dienone is 5. The van der Waals surface area contributed by atoms with Gasteiger partial charge in [0.15, 0.2) is 0 Å². The first kappa shape index (κ1) is 20.6. The van der Waals surface area contributed by atoms with Crippen molar-refractivity contribution >= 4 is 5.71 Å². The van der Waals surface area contributed by atoms with E-state index in [1.165, 1.54) is 6.20 Å². The standard InChI is InChI=1S/C20H24F3N3O/c1-3-5-6-15-8-7-14(10-17(15)25-9-4-2)11-26-18-13-24-12-16(19(18)27)20(21,22)23/h4,6-10,13,24,26-27H,3,5,11-12H2,1-2H3/b9-4-,15-6+,25-17+. The van der Waals surface area contributed by atoms with Crippen molar-refractivity contribution in [3.8, 4) is 0 Å². The molecule has 0 amide bonds. The highest BCUT2D eigenvalue weighted by Crippen LogP contribution is 2.30. The Kier molecular flexibility index (Phi) is 7.10. The van der Waals surface area contributed by atoms with Gasteiger partial charge in [0.05, 0.1) is 17.0 Å². The van der Waals surface area contributed by atoms with Crippen LogP contribution in [0.2, 0.25) is 0 Å². The Hall–Kier alpha value is -2.70. The predicted molar refractivity (Wildman–Crippen MR) is 102 cm³/mol. The van der Waals surface area contributed by atoms with Gasteiger partial charge in [0, 0.05) is 25.5 Å². The molecule has 0 bridgehead atoms. The van der Waals surface area contributed by atoms with Crippen molar-refractivity contribution in [2.45, 2.75) is 32.9 Å². The smallest absolute Gasteiger partial charge is 0.418 e. The third-order valence-corrected chi connectivity index (χ3v) is 4.00. The summed E-state index contributed by atoms with van der Waals surface area (Å²) in [6.07, 6.45) is 10.1. The highest BCUT2D eigenvalue weighted by Gasteiger charge is 2.38. The number of hydrogen-bond acceptors (Lipinski definition) is 4. The van der Waals surface area contributed by atoms with Crippen LogP contribution in [0, 0.1) is 0 Å². The number of aliphatic imine (C=N–C) groups is 1. The lowest BCUT2D eigenvalue weighted by Gasteiger charge is -2.22. The first-order valence-electron chi connectivity index (χ1n) is 8.82. The third-order valence-electron chi connectivity index (χ3n) is 4.00. The monoisotopic (exact) mass is 379 g/mol. The number of aliphatic hydroxyl groups excluding tert-OH is 1. The average Bonchev–Trinajstić information content (AvgIpc) is 2.63. The van der Waals surface area contributed by atoms with Crippen molar-refractivity contribution in [3.63, 3.8) is 0 Å². The third kappa shape index (κ3) is 5.64. The minimum Gasteiger partial charge on any atom is -0.505 e. The molecule has 27 heavy (non-hydrogen) atoms. The van der Waals surface area contributed by atoms with Gasteiger partial charge in [0.2, 0.25) is 0 Å².